The summed E-state index contributed by atoms with van der Waals surface area (Å²) in [4.78, 5) is 12.8. The Labute approximate surface area is 161 Å². The molecule has 2 atom stereocenters. The summed E-state index contributed by atoms with van der Waals surface area (Å²) < 4.78 is 31.2. The van der Waals surface area contributed by atoms with E-state index >= 15 is 0 Å². The molecule has 7 heteroatoms. The highest BCUT2D eigenvalue weighted by Crippen LogP contribution is 2.25. The van der Waals surface area contributed by atoms with Crippen molar-refractivity contribution >= 4 is 21.6 Å². The fraction of sp³-hybridized carbons (Fsp3) is 0.350. The Hall–Kier alpha value is -2.54. The number of anilines is 1. The average Bonchev–Trinajstić information content (AvgIpc) is 2.62. The molecule has 6 nitrogen and oxygen atoms in total. The number of hydrogen-bond acceptors (Lipinski definition) is 4. The quantitative estimate of drug-likeness (QED) is 0.788. The number of hydrogen-bond donors (Lipinski definition) is 1. The van der Waals surface area contributed by atoms with Crippen molar-refractivity contribution in [3.05, 3.63) is 59.7 Å². The Balaban J connectivity index is 2.26. The first kappa shape index (κ1) is 20.8. The summed E-state index contributed by atoms with van der Waals surface area (Å²) in [5.41, 5.74) is 2.28. The van der Waals surface area contributed by atoms with Gasteiger partial charge in [-0.05, 0) is 39.0 Å². The summed E-state index contributed by atoms with van der Waals surface area (Å²) in [5.74, 6) is 0.274. The van der Waals surface area contributed by atoms with Crippen molar-refractivity contribution in [3.8, 4) is 5.75 Å². The summed E-state index contributed by atoms with van der Waals surface area (Å²) in [7, 11) is -2.07. The van der Waals surface area contributed by atoms with E-state index in [0.29, 0.717) is 11.4 Å². The first-order chi connectivity index (χ1) is 12.6. The lowest BCUT2D eigenvalue weighted by Crippen LogP contribution is -2.48. The van der Waals surface area contributed by atoms with Crippen molar-refractivity contribution < 1.29 is 17.9 Å². The normalized spacial score (nSPS) is 13.5. The van der Waals surface area contributed by atoms with Gasteiger partial charge in [0.25, 0.3) is 0 Å². The smallest absolute Gasteiger partial charge is 0.244 e. The van der Waals surface area contributed by atoms with E-state index in [9.17, 15) is 13.2 Å². The highest BCUT2D eigenvalue weighted by Gasteiger charge is 2.30. The molecule has 0 aliphatic carbocycles. The monoisotopic (exact) mass is 390 g/mol. The summed E-state index contributed by atoms with van der Waals surface area (Å²) >= 11 is 0. The van der Waals surface area contributed by atoms with Crippen LogP contribution in [0.2, 0.25) is 0 Å². The maximum atomic E-state index is 12.8. The third kappa shape index (κ3) is 5.01. The lowest BCUT2D eigenvalue weighted by Gasteiger charge is -2.29. The second kappa shape index (κ2) is 8.43. The van der Waals surface area contributed by atoms with Gasteiger partial charge in [0.1, 0.15) is 11.8 Å². The number of nitrogens with zero attached hydrogens (tertiary/aromatic N) is 1. The van der Waals surface area contributed by atoms with Crippen molar-refractivity contribution in [1.29, 1.82) is 0 Å². The standard InChI is InChI=1S/C20H26N2O4S/c1-14-10-12-17(13-11-14)22(27(5,24)25)16(3)20(23)21-15(2)18-8-6-7-9-19(18)26-4/h6-13,15-16H,1-5H3,(H,21,23)/t15-,16-/m1/s1. The van der Waals surface area contributed by atoms with E-state index in [1.807, 2.05) is 50.2 Å². The van der Waals surface area contributed by atoms with Crippen LogP contribution in [0.15, 0.2) is 48.5 Å². The molecule has 2 rings (SSSR count). The molecule has 0 radical (unpaired) electrons. The maximum absolute atomic E-state index is 12.8. The molecule has 0 bridgehead atoms. The average molecular weight is 391 g/mol. The number of nitrogens with one attached hydrogen (secondary N) is 1. The summed E-state index contributed by atoms with van der Waals surface area (Å²) in [5, 5.41) is 2.88. The van der Waals surface area contributed by atoms with Gasteiger partial charge in [-0.15, -0.1) is 0 Å². The van der Waals surface area contributed by atoms with Gasteiger partial charge in [0.2, 0.25) is 15.9 Å². The Kier molecular flexibility index (Phi) is 6.49. The van der Waals surface area contributed by atoms with Crippen LogP contribution in [0.4, 0.5) is 5.69 Å². The molecule has 0 aromatic heterocycles. The fourth-order valence-electron chi connectivity index (χ4n) is 2.94. The van der Waals surface area contributed by atoms with Gasteiger partial charge in [0, 0.05) is 5.56 Å². The number of sulfonamides is 1. The van der Waals surface area contributed by atoms with Crippen LogP contribution < -0.4 is 14.4 Å². The predicted molar refractivity (Wildman–Crippen MR) is 108 cm³/mol. The molecule has 0 aliphatic rings. The van der Waals surface area contributed by atoms with Crippen molar-refractivity contribution in [2.75, 3.05) is 17.7 Å². The maximum Gasteiger partial charge on any atom is 0.244 e. The number of benzene rings is 2. The van der Waals surface area contributed by atoms with Gasteiger partial charge in [0.15, 0.2) is 0 Å². The molecule has 0 aliphatic heterocycles. The minimum absolute atomic E-state index is 0.337. The molecule has 0 spiro atoms. The minimum atomic E-state index is -3.64. The topological polar surface area (TPSA) is 75.7 Å². The molecule has 2 aromatic carbocycles. The largest absolute Gasteiger partial charge is 0.496 e. The molecular weight excluding hydrogens is 364 g/mol. The highest BCUT2D eigenvalue weighted by atomic mass is 32.2. The molecule has 1 amide bonds. The van der Waals surface area contributed by atoms with Crippen LogP contribution >= 0.6 is 0 Å². The van der Waals surface area contributed by atoms with E-state index in [1.165, 1.54) is 0 Å². The van der Waals surface area contributed by atoms with Crippen LogP contribution in [0.5, 0.6) is 5.75 Å². The SMILES string of the molecule is COc1ccccc1[C@@H](C)NC(=O)[C@@H](C)N(c1ccc(C)cc1)S(C)(=O)=O. The van der Waals surface area contributed by atoms with Crippen LogP contribution in [0, 0.1) is 6.92 Å². The molecule has 0 fully saturated rings. The fourth-order valence-corrected chi connectivity index (χ4v) is 4.11. The van der Waals surface area contributed by atoms with Crippen molar-refractivity contribution in [2.45, 2.75) is 32.9 Å². The van der Waals surface area contributed by atoms with Crippen LogP contribution in [-0.4, -0.2) is 33.7 Å². The van der Waals surface area contributed by atoms with Crippen LogP contribution in [0.25, 0.3) is 0 Å². The molecular formula is C20H26N2O4S. The first-order valence-corrected chi connectivity index (χ1v) is 10.5. The van der Waals surface area contributed by atoms with Gasteiger partial charge in [-0.1, -0.05) is 35.9 Å². The number of amides is 1. The lowest BCUT2D eigenvalue weighted by molar-refractivity contribution is -0.122. The van der Waals surface area contributed by atoms with Gasteiger partial charge < -0.3 is 10.1 Å². The Bertz CT molecular complexity index is 894. The molecule has 0 saturated carbocycles. The number of rotatable bonds is 7. The molecule has 2 aromatic rings. The number of aryl methyl sites for hydroxylation is 1. The molecule has 0 heterocycles. The van der Waals surface area contributed by atoms with Gasteiger partial charge in [-0.2, -0.15) is 0 Å². The zero-order chi connectivity index (χ0) is 20.2. The molecule has 146 valence electrons. The van der Waals surface area contributed by atoms with Crippen molar-refractivity contribution in [1.82, 2.24) is 5.32 Å². The predicted octanol–water partition coefficient (Wildman–Crippen LogP) is 3.04. The van der Waals surface area contributed by atoms with E-state index in [0.717, 1.165) is 21.7 Å². The van der Waals surface area contributed by atoms with Gasteiger partial charge in [-0.25, -0.2) is 8.42 Å². The second-order valence-corrected chi connectivity index (χ2v) is 8.40. The molecule has 27 heavy (non-hydrogen) atoms. The van der Waals surface area contributed by atoms with Crippen molar-refractivity contribution in [3.63, 3.8) is 0 Å². The number of para-hydroxylation sites is 1. The van der Waals surface area contributed by atoms with Gasteiger partial charge >= 0.3 is 0 Å². The second-order valence-electron chi connectivity index (χ2n) is 6.54. The molecule has 0 saturated heterocycles. The number of methoxy groups -OCH3 is 1. The third-order valence-electron chi connectivity index (χ3n) is 4.34. The van der Waals surface area contributed by atoms with E-state index in [1.54, 1.807) is 26.2 Å². The van der Waals surface area contributed by atoms with Gasteiger partial charge in [-0.3, -0.25) is 9.10 Å². The van der Waals surface area contributed by atoms with Crippen LogP contribution in [-0.2, 0) is 14.8 Å². The summed E-state index contributed by atoms with van der Waals surface area (Å²) in [6.45, 7) is 5.32. The summed E-state index contributed by atoms with van der Waals surface area (Å²) in [6, 6.07) is 13.2. The van der Waals surface area contributed by atoms with E-state index in [4.69, 9.17) is 4.74 Å². The van der Waals surface area contributed by atoms with Crippen LogP contribution in [0.1, 0.15) is 31.0 Å². The number of ether oxygens (including phenoxy) is 1. The number of carbonyl (C=O) groups is 1. The Morgan fingerprint density at radius 1 is 1.07 bits per heavy atom. The number of carbonyl (C=O) groups excluding carboxylic acids is 1. The third-order valence-corrected chi connectivity index (χ3v) is 5.58. The summed E-state index contributed by atoms with van der Waals surface area (Å²) in [6.07, 6.45) is 1.10. The van der Waals surface area contributed by atoms with E-state index in [-0.39, 0.29) is 11.9 Å². The zero-order valence-corrected chi connectivity index (χ0v) is 17.1. The first-order valence-electron chi connectivity index (χ1n) is 8.64. The zero-order valence-electron chi connectivity index (χ0n) is 16.3. The van der Waals surface area contributed by atoms with E-state index < -0.39 is 16.1 Å². The van der Waals surface area contributed by atoms with E-state index in [2.05, 4.69) is 5.32 Å². The van der Waals surface area contributed by atoms with Gasteiger partial charge in [0.05, 0.1) is 25.1 Å². The Morgan fingerprint density at radius 3 is 2.22 bits per heavy atom. The Morgan fingerprint density at radius 2 is 1.67 bits per heavy atom. The lowest BCUT2D eigenvalue weighted by atomic mass is 10.1. The molecule has 1 N–H and O–H groups in total. The minimum Gasteiger partial charge on any atom is -0.496 e. The molecule has 0 unspecified atom stereocenters. The van der Waals surface area contributed by atoms with Crippen molar-refractivity contribution in [2.24, 2.45) is 0 Å². The highest BCUT2D eigenvalue weighted by molar-refractivity contribution is 7.92. The van der Waals surface area contributed by atoms with Crippen LogP contribution in [0.3, 0.4) is 0 Å².